The van der Waals surface area contributed by atoms with Crippen LogP contribution in [-0.2, 0) is 0 Å². The van der Waals surface area contributed by atoms with Gasteiger partial charge in [-0.3, -0.25) is 4.79 Å². The van der Waals surface area contributed by atoms with Crippen molar-refractivity contribution in [2.75, 3.05) is 26.2 Å². The van der Waals surface area contributed by atoms with Crippen molar-refractivity contribution in [3.63, 3.8) is 0 Å². The van der Waals surface area contributed by atoms with Crippen molar-refractivity contribution in [3.8, 4) is 5.75 Å². The van der Waals surface area contributed by atoms with Gasteiger partial charge in [0.2, 0.25) is 0 Å². The molecule has 1 aromatic rings. The Bertz CT molecular complexity index is 472. The van der Waals surface area contributed by atoms with E-state index in [4.69, 9.17) is 11.6 Å². The zero-order valence-electron chi connectivity index (χ0n) is 14.3. The van der Waals surface area contributed by atoms with Crippen LogP contribution in [0.5, 0.6) is 5.75 Å². The Hall–Kier alpha value is -1.26. The van der Waals surface area contributed by atoms with Gasteiger partial charge in [-0.1, -0.05) is 38.3 Å². The molecule has 1 aromatic carbocycles. The van der Waals surface area contributed by atoms with E-state index >= 15 is 0 Å². The predicted molar refractivity (Wildman–Crippen MR) is 96.3 cm³/mol. The highest BCUT2D eigenvalue weighted by Gasteiger charge is 2.11. The van der Waals surface area contributed by atoms with Crippen molar-refractivity contribution in [1.29, 1.82) is 0 Å². The molecular formula is C18H29ClN2O2. The molecule has 0 fully saturated rings. The molecule has 0 spiro atoms. The van der Waals surface area contributed by atoms with Gasteiger partial charge in [-0.2, -0.15) is 0 Å². The molecule has 0 atom stereocenters. The lowest BCUT2D eigenvalue weighted by atomic mass is 10.2. The van der Waals surface area contributed by atoms with Crippen LogP contribution in [0.15, 0.2) is 18.2 Å². The highest BCUT2D eigenvalue weighted by atomic mass is 35.5. The number of phenolic OH excluding ortho intramolecular Hbond substituents is 1. The second-order valence-electron chi connectivity index (χ2n) is 5.82. The lowest BCUT2D eigenvalue weighted by Gasteiger charge is -2.21. The number of rotatable bonds is 11. The van der Waals surface area contributed by atoms with Crippen LogP contribution in [0.3, 0.4) is 0 Å². The van der Waals surface area contributed by atoms with Crippen LogP contribution >= 0.6 is 11.6 Å². The predicted octanol–water partition coefficient (Wildman–Crippen LogP) is 4.07. The fourth-order valence-electron chi connectivity index (χ4n) is 2.39. The van der Waals surface area contributed by atoms with Gasteiger partial charge in [0, 0.05) is 11.6 Å². The van der Waals surface area contributed by atoms with Gasteiger partial charge in [-0.25, -0.2) is 0 Å². The Labute approximate surface area is 144 Å². The number of carbonyl (C=O) groups is 1. The van der Waals surface area contributed by atoms with E-state index in [1.807, 2.05) is 0 Å². The van der Waals surface area contributed by atoms with E-state index in [1.54, 1.807) is 6.07 Å². The quantitative estimate of drug-likeness (QED) is 0.597. The third-order valence-electron chi connectivity index (χ3n) is 3.80. The molecule has 0 saturated carbocycles. The molecule has 4 nitrogen and oxygen atoms in total. The summed E-state index contributed by atoms with van der Waals surface area (Å²) >= 11 is 5.86. The second kappa shape index (κ2) is 11.3. The third kappa shape index (κ3) is 7.71. The third-order valence-corrected chi connectivity index (χ3v) is 4.03. The summed E-state index contributed by atoms with van der Waals surface area (Å²) in [5.41, 5.74) is 0.228. The minimum atomic E-state index is -0.279. The van der Waals surface area contributed by atoms with E-state index in [0.717, 1.165) is 26.1 Å². The molecular weight excluding hydrogens is 312 g/mol. The van der Waals surface area contributed by atoms with Crippen molar-refractivity contribution >= 4 is 17.5 Å². The number of phenols is 1. The van der Waals surface area contributed by atoms with Gasteiger partial charge in [0.15, 0.2) is 0 Å². The molecule has 2 N–H and O–H groups in total. The Morgan fingerprint density at radius 1 is 1.13 bits per heavy atom. The Balaban J connectivity index is 2.36. The van der Waals surface area contributed by atoms with Crippen molar-refractivity contribution in [2.24, 2.45) is 0 Å². The molecule has 5 heteroatoms. The molecule has 0 aliphatic carbocycles. The van der Waals surface area contributed by atoms with Crippen molar-refractivity contribution in [2.45, 2.75) is 46.0 Å². The first-order valence-electron chi connectivity index (χ1n) is 8.57. The van der Waals surface area contributed by atoms with Gasteiger partial charge in [-0.15, -0.1) is 0 Å². The van der Waals surface area contributed by atoms with Crippen LogP contribution in [0, 0.1) is 0 Å². The van der Waals surface area contributed by atoms with Crippen LogP contribution in [0.4, 0.5) is 0 Å². The Kier molecular flexibility index (Phi) is 9.72. The molecule has 23 heavy (non-hydrogen) atoms. The number of unbranched alkanes of at least 4 members (excludes halogenated alkanes) is 2. The molecule has 0 saturated heterocycles. The molecule has 0 aliphatic heterocycles. The molecule has 0 bridgehead atoms. The number of aromatic hydroxyl groups is 1. The first kappa shape index (κ1) is 19.8. The monoisotopic (exact) mass is 340 g/mol. The average Bonchev–Trinajstić information content (AvgIpc) is 2.55. The van der Waals surface area contributed by atoms with Gasteiger partial charge in [-0.05, 0) is 57.1 Å². The molecule has 0 aliphatic rings. The topological polar surface area (TPSA) is 52.6 Å². The lowest BCUT2D eigenvalue weighted by Crippen LogP contribution is -2.31. The fourth-order valence-corrected chi connectivity index (χ4v) is 2.56. The maximum absolute atomic E-state index is 12.1. The summed E-state index contributed by atoms with van der Waals surface area (Å²) in [5.74, 6) is -0.321. The van der Waals surface area contributed by atoms with E-state index in [9.17, 15) is 9.90 Å². The van der Waals surface area contributed by atoms with Gasteiger partial charge in [0.05, 0.1) is 5.56 Å². The van der Waals surface area contributed by atoms with E-state index in [-0.39, 0.29) is 17.2 Å². The highest BCUT2D eigenvalue weighted by molar-refractivity contribution is 6.31. The van der Waals surface area contributed by atoms with Crippen molar-refractivity contribution in [1.82, 2.24) is 10.2 Å². The minimum Gasteiger partial charge on any atom is -0.507 e. The summed E-state index contributed by atoms with van der Waals surface area (Å²) < 4.78 is 0. The first-order chi connectivity index (χ1) is 11.1. The summed E-state index contributed by atoms with van der Waals surface area (Å²) in [5, 5.41) is 13.0. The van der Waals surface area contributed by atoms with Gasteiger partial charge < -0.3 is 15.3 Å². The average molecular weight is 341 g/mol. The summed E-state index contributed by atoms with van der Waals surface area (Å²) in [6, 6.07) is 4.49. The summed E-state index contributed by atoms with van der Waals surface area (Å²) in [6.07, 6.45) is 5.74. The molecule has 1 amide bonds. The largest absolute Gasteiger partial charge is 0.507 e. The van der Waals surface area contributed by atoms with Crippen molar-refractivity contribution < 1.29 is 9.90 Å². The van der Waals surface area contributed by atoms with Crippen molar-refractivity contribution in [3.05, 3.63) is 28.8 Å². The normalized spacial score (nSPS) is 11.0. The van der Waals surface area contributed by atoms with Crippen LogP contribution in [0.2, 0.25) is 5.02 Å². The SMILES string of the molecule is CCCCN(CCCC)CCCNC(=O)c1cc(Cl)ccc1O. The first-order valence-corrected chi connectivity index (χ1v) is 8.95. The maximum atomic E-state index is 12.1. The number of hydrogen-bond donors (Lipinski definition) is 2. The summed E-state index contributed by atoms with van der Waals surface area (Å²) in [4.78, 5) is 14.5. The number of nitrogens with zero attached hydrogens (tertiary/aromatic N) is 1. The number of hydrogen-bond acceptors (Lipinski definition) is 3. The number of nitrogens with one attached hydrogen (secondary N) is 1. The number of amides is 1. The van der Waals surface area contributed by atoms with E-state index in [1.165, 1.54) is 37.8 Å². The van der Waals surface area contributed by atoms with Crippen LogP contribution < -0.4 is 5.32 Å². The van der Waals surface area contributed by atoms with E-state index in [0.29, 0.717) is 11.6 Å². The van der Waals surface area contributed by atoms with Crippen LogP contribution in [0.25, 0.3) is 0 Å². The molecule has 0 radical (unpaired) electrons. The van der Waals surface area contributed by atoms with E-state index < -0.39 is 0 Å². The molecule has 0 aromatic heterocycles. The Morgan fingerprint density at radius 3 is 2.35 bits per heavy atom. The molecule has 1 rings (SSSR count). The zero-order valence-corrected chi connectivity index (χ0v) is 15.0. The summed E-state index contributed by atoms with van der Waals surface area (Å²) in [6.45, 7) is 8.24. The fraction of sp³-hybridized carbons (Fsp3) is 0.611. The van der Waals surface area contributed by atoms with Gasteiger partial charge >= 0.3 is 0 Å². The van der Waals surface area contributed by atoms with Crippen LogP contribution in [0.1, 0.15) is 56.3 Å². The van der Waals surface area contributed by atoms with E-state index in [2.05, 4.69) is 24.1 Å². The molecule has 0 heterocycles. The van der Waals surface area contributed by atoms with Crippen LogP contribution in [-0.4, -0.2) is 42.1 Å². The second-order valence-corrected chi connectivity index (χ2v) is 6.26. The number of carbonyl (C=O) groups excluding carboxylic acids is 1. The number of benzene rings is 1. The standard InChI is InChI=1S/C18H29ClN2O2/c1-3-5-11-21(12-6-4-2)13-7-10-20-18(23)16-14-15(19)8-9-17(16)22/h8-9,14,22H,3-7,10-13H2,1-2H3,(H,20,23). The highest BCUT2D eigenvalue weighted by Crippen LogP contribution is 2.21. The van der Waals surface area contributed by atoms with Gasteiger partial charge in [0.25, 0.3) is 5.91 Å². The number of halogens is 1. The summed E-state index contributed by atoms with van der Waals surface area (Å²) in [7, 11) is 0. The smallest absolute Gasteiger partial charge is 0.255 e. The lowest BCUT2D eigenvalue weighted by molar-refractivity contribution is 0.0949. The Morgan fingerprint density at radius 2 is 1.74 bits per heavy atom. The maximum Gasteiger partial charge on any atom is 0.255 e. The molecule has 130 valence electrons. The zero-order chi connectivity index (χ0) is 17.1. The minimum absolute atomic E-state index is 0.0422. The van der Waals surface area contributed by atoms with Gasteiger partial charge in [0.1, 0.15) is 5.75 Å². The molecule has 0 unspecified atom stereocenters.